The second-order valence-corrected chi connectivity index (χ2v) is 6.58. The van der Waals surface area contributed by atoms with Crippen molar-refractivity contribution in [3.63, 3.8) is 0 Å². The molecule has 3 rings (SSSR count). The molecular formula is C18H20N2S. The fourth-order valence-corrected chi connectivity index (χ4v) is 3.57. The summed E-state index contributed by atoms with van der Waals surface area (Å²) in [6.45, 7) is 4.07. The Balaban J connectivity index is 1.75. The lowest BCUT2D eigenvalue weighted by atomic mass is 10.0. The van der Waals surface area contributed by atoms with Crippen molar-refractivity contribution in [1.29, 1.82) is 0 Å². The first-order valence-electron chi connectivity index (χ1n) is 7.35. The molecule has 0 aliphatic carbocycles. The SMILES string of the molecule is CCc1ncc(CN(C)Cc2cccc3ccccc23)s1. The summed E-state index contributed by atoms with van der Waals surface area (Å²) in [7, 11) is 2.17. The molecule has 0 aliphatic rings. The van der Waals surface area contributed by atoms with Crippen LogP contribution in [0.2, 0.25) is 0 Å². The number of nitrogens with zero attached hydrogens (tertiary/aromatic N) is 2. The molecule has 21 heavy (non-hydrogen) atoms. The molecule has 0 amide bonds. The van der Waals surface area contributed by atoms with Crippen molar-refractivity contribution >= 4 is 22.1 Å². The smallest absolute Gasteiger partial charge is 0.0925 e. The van der Waals surface area contributed by atoms with Crippen LogP contribution < -0.4 is 0 Å². The van der Waals surface area contributed by atoms with Crippen LogP contribution in [0, 0.1) is 0 Å². The molecule has 0 bridgehead atoms. The van der Waals surface area contributed by atoms with Crippen LogP contribution in [0.3, 0.4) is 0 Å². The molecule has 0 unspecified atom stereocenters. The summed E-state index contributed by atoms with van der Waals surface area (Å²) in [5.74, 6) is 0. The van der Waals surface area contributed by atoms with Crippen molar-refractivity contribution < 1.29 is 0 Å². The van der Waals surface area contributed by atoms with Gasteiger partial charge in [0.15, 0.2) is 0 Å². The second kappa shape index (κ2) is 6.37. The average molecular weight is 296 g/mol. The van der Waals surface area contributed by atoms with Gasteiger partial charge in [0, 0.05) is 24.2 Å². The van der Waals surface area contributed by atoms with E-state index in [1.807, 2.05) is 17.5 Å². The number of hydrogen-bond donors (Lipinski definition) is 0. The minimum Gasteiger partial charge on any atom is -0.297 e. The maximum atomic E-state index is 4.44. The van der Waals surface area contributed by atoms with Crippen LogP contribution in [0.4, 0.5) is 0 Å². The van der Waals surface area contributed by atoms with Gasteiger partial charge in [0.05, 0.1) is 5.01 Å². The minimum absolute atomic E-state index is 0.959. The summed E-state index contributed by atoms with van der Waals surface area (Å²) >= 11 is 1.82. The van der Waals surface area contributed by atoms with E-state index in [2.05, 4.69) is 66.3 Å². The van der Waals surface area contributed by atoms with E-state index in [0.717, 1.165) is 19.5 Å². The topological polar surface area (TPSA) is 16.1 Å². The molecule has 2 nitrogen and oxygen atoms in total. The highest BCUT2D eigenvalue weighted by Crippen LogP contribution is 2.21. The number of fused-ring (bicyclic) bond motifs is 1. The van der Waals surface area contributed by atoms with Gasteiger partial charge in [0.1, 0.15) is 0 Å². The van der Waals surface area contributed by atoms with E-state index in [1.165, 1.54) is 26.2 Å². The fourth-order valence-electron chi connectivity index (χ4n) is 2.63. The second-order valence-electron chi connectivity index (χ2n) is 5.38. The zero-order valence-electron chi connectivity index (χ0n) is 12.5. The average Bonchev–Trinajstić information content (AvgIpc) is 2.95. The predicted octanol–water partition coefficient (Wildman–Crippen LogP) is 4.49. The summed E-state index contributed by atoms with van der Waals surface area (Å²) in [4.78, 5) is 8.13. The Morgan fingerprint density at radius 3 is 2.67 bits per heavy atom. The Morgan fingerprint density at radius 1 is 1.05 bits per heavy atom. The molecule has 0 N–H and O–H groups in total. The number of aromatic nitrogens is 1. The highest BCUT2D eigenvalue weighted by atomic mass is 32.1. The lowest BCUT2D eigenvalue weighted by molar-refractivity contribution is 0.323. The third kappa shape index (κ3) is 3.31. The number of rotatable bonds is 5. The number of thiazole rings is 1. The van der Waals surface area contributed by atoms with Crippen LogP contribution in [-0.2, 0) is 19.5 Å². The maximum absolute atomic E-state index is 4.44. The molecule has 0 saturated carbocycles. The third-order valence-corrected chi connectivity index (χ3v) is 4.78. The van der Waals surface area contributed by atoms with Gasteiger partial charge in [-0.3, -0.25) is 4.90 Å². The first-order chi connectivity index (χ1) is 10.3. The van der Waals surface area contributed by atoms with Gasteiger partial charge in [0.2, 0.25) is 0 Å². The lowest BCUT2D eigenvalue weighted by Gasteiger charge is -2.17. The Bertz CT molecular complexity index is 727. The Labute approximate surface area is 130 Å². The van der Waals surface area contributed by atoms with Crippen molar-refractivity contribution in [3.8, 4) is 0 Å². The molecule has 0 spiro atoms. The van der Waals surface area contributed by atoms with Gasteiger partial charge in [-0.15, -0.1) is 11.3 Å². The summed E-state index contributed by atoms with van der Waals surface area (Å²) in [6, 6.07) is 15.1. The molecule has 3 heteroatoms. The van der Waals surface area contributed by atoms with E-state index < -0.39 is 0 Å². The van der Waals surface area contributed by atoms with Crippen LogP contribution in [-0.4, -0.2) is 16.9 Å². The molecule has 3 aromatic rings. The molecule has 0 radical (unpaired) electrons. The van der Waals surface area contributed by atoms with Crippen molar-refractivity contribution in [2.24, 2.45) is 0 Å². The Kier molecular flexibility index (Phi) is 4.32. The van der Waals surface area contributed by atoms with Crippen LogP contribution in [0.15, 0.2) is 48.7 Å². The van der Waals surface area contributed by atoms with E-state index in [1.54, 1.807) is 0 Å². The number of benzene rings is 2. The number of hydrogen-bond acceptors (Lipinski definition) is 3. The van der Waals surface area contributed by atoms with Gasteiger partial charge >= 0.3 is 0 Å². The van der Waals surface area contributed by atoms with Crippen molar-refractivity contribution in [2.45, 2.75) is 26.4 Å². The summed E-state index contributed by atoms with van der Waals surface area (Å²) in [5.41, 5.74) is 1.39. The van der Waals surface area contributed by atoms with Crippen LogP contribution in [0.1, 0.15) is 22.4 Å². The van der Waals surface area contributed by atoms with Gasteiger partial charge < -0.3 is 0 Å². The highest BCUT2D eigenvalue weighted by molar-refractivity contribution is 7.11. The Morgan fingerprint density at radius 2 is 1.86 bits per heavy atom. The third-order valence-electron chi connectivity index (χ3n) is 3.65. The van der Waals surface area contributed by atoms with E-state index in [0.29, 0.717) is 0 Å². The molecule has 0 atom stereocenters. The van der Waals surface area contributed by atoms with E-state index in [4.69, 9.17) is 0 Å². The van der Waals surface area contributed by atoms with Gasteiger partial charge in [-0.05, 0) is 29.8 Å². The highest BCUT2D eigenvalue weighted by Gasteiger charge is 2.07. The van der Waals surface area contributed by atoms with Gasteiger partial charge in [0.25, 0.3) is 0 Å². The molecule has 0 aliphatic heterocycles. The van der Waals surface area contributed by atoms with E-state index in [9.17, 15) is 0 Å². The van der Waals surface area contributed by atoms with E-state index in [-0.39, 0.29) is 0 Å². The quantitative estimate of drug-likeness (QED) is 0.689. The first-order valence-corrected chi connectivity index (χ1v) is 8.16. The summed E-state index contributed by atoms with van der Waals surface area (Å²) in [5, 5.41) is 3.89. The Hall–Kier alpha value is -1.71. The summed E-state index contributed by atoms with van der Waals surface area (Å²) in [6.07, 6.45) is 3.04. The first kappa shape index (κ1) is 14.2. The van der Waals surface area contributed by atoms with Crippen LogP contribution in [0.5, 0.6) is 0 Å². The largest absolute Gasteiger partial charge is 0.297 e. The molecule has 1 heterocycles. The van der Waals surface area contributed by atoms with Gasteiger partial charge in [-0.1, -0.05) is 49.4 Å². The predicted molar refractivity (Wildman–Crippen MR) is 90.6 cm³/mol. The maximum Gasteiger partial charge on any atom is 0.0925 e. The molecular weight excluding hydrogens is 276 g/mol. The minimum atomic E-state index is 0.959. The molecule has 1 aromatic heterocycles. The number of aryl methyl sites for hydroxylation is 1. The van der Waals surface area contributed by atoms with Crippen molar-refractivity contribution in [3.05, 3.63) is 64.1 Å². The van der Waals surface area contributed by atoms with Crippen molar-refractivity contribution in [1.82, 2.24) is 9.88 Å². The zero-order valence-corrected chi connectivity index (χ0v) is 13.4. The standard InChI is InChI=1S/C18H20N2S/c1-3-18-19-11-16(21-18)13-20(2)12-15-9-6-8-14-7-4-5-10-17(14)15/h4-11H,3,12-13H2,1-2H3. The normalized spacial score (nSPS) is 11.4. The molecule has 108 valence electrons. The monoisotopic (exact) mass is 296 g/mol. The molecule has 0 saturated heterocycles. The van der Waals surface area contributed by atoms with Crippen molar-refractivity contribution in [2.75, 3.05) is 7.05 Å². The van der Waals surface area contributed by atoms with Gasteiger partial charge in [-0.2, -0.15) is 0 Å². The lowest BCUT2D eigenvalue weighted by Crippen LogP contribution is -2.16. The van der Waals surface area contributed by atoms with Crippen LogP contribution >= 0.6 is 11.3 Å². The molecule has 0 fully saturated rings. The molecule has 2 aromatic carbocycles. The van der Waals surface area contributed by atoms with Gasteiger partial charge in [-0.25, -0.2) is 4.98 Å². The fraction of sp³-hybridized carbons (Fsp3) is 0.278. The van der Waals surface area contributed by atoms with Crippen LogP contribution in [0.25, 0.3) is 10.8 Å². The van der Waals surface area contributed by atoms with E-state index >= 15 is 0 Å². The zero-order chi connectivity index (χ0) is 14.7. The summed E-state index contributed by atoms with van der Waals surface area (Å²) < 4.78 is 0.